The Labute approximate surface area is 144 Å². The lowest BCUT2D eigenvalue weighted by atomic mass is 10.2. The fourth-order valence-electron chi connectivity index (χ4n) is 2.57. The summed E-state index contributed by atoms with van der Waals surface area (Å²) in [6.45, 7) is 5.63. The van der Waals surface area contributed by atoms with Gasteiger partial charge in [0.15, 0.2) is 0 Å². The second-order valence-electron chi connectivity index (χ2n) is 6.22. The van der Waals surface area contributed by atoms with Crippen molar-refractivity contribution < 1.29 is 4.21 Å². The highest BCUT2D eigenvalue weighted by molar-refractivity contribution is 7.98. The molecule has 1 aromatic heterocycles. The Bertz CT molecular complexity index is 691. The summed E-state index contributed by atoms with van der Waals surface area (Å²) in [5.41, 5.74) is 1.28. The van der Waals surface area contributed by atoms with E-state index in [-0.39, 0.29) is 4.75 Å². The first-order chi connectivity index (χ1) is 11.0. The van der Waals surface area contributed by atoms with Gasteiger partial charge in [-0.2, -0.15) is 0 Å². The minimum absolute atomic E-state index is 0.201. The van der Waals surface area contributed by atoms with Gasteiger partial charge >= 0.3 is 0 Å². The van der Waals surface area contributed by atoms with Gasteiger partial charge in [-0.3, -0.25) is 9.19 Å². The predicted molar refractivity (Wildman–Crippen MR) is 97.3 cm³/mol. The van der Waals surface area contributed by atoms with Gasteiger partial charge in [-0.25, -0.2) is 4.98 Å². The Morgan fingerprint density at radius 1 is 1.26 bits per heavy atom. The molecule has 0 bridgehead atoms. The molecule has 0 radical (unpaired) electrons. The molecule has 1 aliphatic heterocycles. The molecular formula is C17H21N3OS2. The van der Waals surface area contributed by atoms with Gasteiger partial charge in [0, 0.05) is 35.4 Å². The normalized spacial score (nSPS) is 20.4. The SMILES string of the molecule is CC1(C)CN(c2cncc(SCc3ccccc3)n2)CC[S@@]1=O. The number of benzene rings is 1. The number of rotatable bonds is 4. The van der Waals surface area contributed by atoms with E-state index in [0.29, 0.717) is 5.75 Å². The third kappa shape index (κ3) is 4.12. The lowest BCUT2D eigenvalue weighted by Crippen LogP contribution is -2.50. The van der Waals surface area contributed by atoms with Gasteiger partial charge in [-0.1, -0.05) is 30.3 Å². The molecule has 0 unspecified atom stereocenters. The summed E-state index contributed by atoms with van der Waals surface area (Å²) in [5.74, 6) is 2.46. The van der Waals surface area contributed by atoms with E-state index in [1.165, 1.54) is 5.56 Å². The van der Waals surface area contributed by atoms with Crippen LogP contribution in [-0.4, -0.2) is 37.8 Å². The summed E-state index contributed by atoms with van der Waals surface area (Å²) in [6.07, 6.45) is 3.61. The van der Waals surface area contributed by atoms with E-state index in [0.717, 1.165) is 29.7 Å². The van der Waals surface area contributed by atoms with Crippen LogP contribution in [-0.2, 0) is 16.6 Å². The molecule has 6 heteroatoms. The van der Waals surface area contributed by atoms with Crippen molar-refractivity contribution >= 4 is 28.4 Å². The van der Waals surface area contributed by atoms with Crippen LogP contribution in [0.3, 0.4) is 0 Å². The molecule has 1 aliphatic rings. The lowest BCUT2D eigenvalue weighted by molar-refractivity contribution is 0.585. The van der Waals surface area contributed by atoms with E-state index in [9.17, 15) is 4.21 Å². The Morgan fingerprint density at radius 3 is 2.78 bits per heavy atom. The van der Waals surface area contributed by atoms with E-state index in [2.05, 4.69) is 35.9 Å². The predicted octanol–water partition coefficient (Wildman–Crippen LogP) is 3.12. The van der Waals surface area contributed by atoms with Crippen molar-refractivity contribution in [2.24, 2.45) is 0 Å². The van der Waals surface area contributed by atoms with Crippen LogP contribution in [0.1, 0.15) is 19.4 Å². The van der Waals surface area contributed by atoms with Crippen molar-refractivity contribution in [3.63, 3.8) is 0 Å². The number of nitrogens with zero attached hydrogens (tertiary/aromatic N) is 3. The fraction of sp³-hybridized carbons (Fsp3) is 0.412. The lowest BCUT2D eigenvalue weighted by Gasteiger charge is -2.37. The zero-order valence-electron chi connectivity index (χ0n) is 13.4. The summed E-state index contributed by atoms with van der Waals surface area (Å²) in [7, 11) is -0.774. The highest BCUT2D eigenvalue weighted by atomic mass is 32.2. The molecule has 1 fully saturated rings. The molecule has 0 saturated carbocycles. The van der Waals surface area contributed by atoms with Gasteiger partial charge in [0.1, 0.15) is 10.8 Å². The molecule has 0 N–H and O–H groups in total. The summed E-state index contributed by atoms with van der Waals surface area (Å²) < 4.78 is 11.9. The monoisotopic (exact) mass is 347 g/mol. The Morgan fingerprint density at radius 2 is 2.04 bits per heavy atom. The smallest absolute Gasteiger partial charge is 0.148 e. The number of hydrogen-bond donors (Lipinski definition) is 0. The van der Waals surface area contributed by atoms with Gasteiger partial charge in [0.2, 0.25) is 0 Å². The maximum Gasteiger partial charge on any atom is 0.148 e. The molecule has 4 nitrogen and oxygen atoms in total. The molecule has 1 saturated heterocycles. The molecule has 1 aromatic carbocycles. The molecule has 1 atom stereocenters. The summed E-state index contributed by atoms with van der Waals surface area (Å²) in [6, 6.07) is 10.4. The van der Waals surface area contributed by atoms with Gasteiger partial charge in [-0.05, 0) is 19.4 Å². The van der Waals surface area contributed by atoms with Crippen molar-refractivity contribution in [3.8, 4) is 0 Å². The maximum absolute atomic E-state index is 12.1. The summed E-state index contributed by atoms with van der Waals surface area (Å²) in [5, 5.41) is 0.927. The maximum atomic E-state index is 12.1. The van der Waals surface area contributed by atoms with Crippen LogP contribution in [0.15, 0.2) is 47.8 Å². The molecule has 0 spiro atoms. The highest BCUT2D eigenvalue weighted by Crippen LogP contribution is 2.26. The Kier molecular flexibility index (Phi) is 5.02. The number of anilines is 1. The zero-order chi connectivity index (χ0) is 16.3. The topological polar surface area (TPSA) is 46.1 Å². The van der Waals surface area contributed by atoms with Crippen LogP contribution in [0, 0.1) is 0 Å². The second kappa shape index (κ2) is 7.01. The van der Waals surface area contributed by atoms with Crippen LogP contribution in [0.5, 0.6) is 0 Å². The molecule has 122 valence electrons. The molecule has 2 heterocycles. The van der Waals surface area contributed by atoms with Crippen molar-refractivity contribution in [2.45, 2.75) is 29.4 Å². The first kappa shape index (κ1) is 16.5. The van der Waals surface area contributed by atoms with Gasteiger partial charge in [0.25, 0.3) is 0 Å². The fourth-order valence-corrected chi connectivity index (χ4v) is 4.61. The van der Waals surface area contributed by atoms with Crippen LogP contribution >= 0.6 is 11.8 Å². The standard InChI is InChI=1S/C17H21N3OS2/c1-17(2)13-20(8-9-23(17)21)15-10-18-11-16(19-15)22-12-14-6-4-3-5-7-14/h3-7,10-11H,8-9,12-13H2,1-2H3/t23-/m0/s1. The average molecular weight is 348 g/mol. The minimum atomic E-state index is -0.774. The van der Waals surface area contributed by atoms with Crippen molar-refractivity contribution in [1.29, 1.82) is 0 Å². The van der Waals surface area contributed by atoms with Gasteiger partial charge < -0.3 is 4.90 Å². The molecule has 3 rings (SSSR count). The summed E-state index contributed by atoms with van der Waals surface area (Å²) >= 11 is 1.69. The Balaban J connectivity index is 1.69. The van der Waals surface area contributed by atoms with E-state index in [1.54, 1.807) is 18.0 Å². The first-order valence-corrected chi connectivity index (χ1v) is 9.97. The van der Waals surface area contributed by atoms with Crippen molar-refractivity contribution in [1.82, 2.24) is 9.97 Å². The van der Waals surface area contributed by atoms with Crippen LogP contribution in [0.2, 0.25) is 0 Å². The Hall–Kier alpha value is -1.40. The highest BCUT2D eigenvalue weighted by Gasteiger charge is 2.33. The van der Waals surface area contributed by atoms with Crippen LogP contribution in [0.25, 0.3) is 0 Å². The third-order valence-electron chi connectivity index (χ3n) is 3.89. The third-order valence-corrected chi connectivity index (χ3v) is 6.77. The number of hydrogen-bond acceptors (Lipinski definition) is 5. The molecule has 2 aromatic rings. The quantitative estimate of drug-likeness (QED) is 0.795. The largest absolute Gasteiger partial charge is 0.353 e. The number of thioether (sulfide) groups is 1. The molecule has 0 amide bonds. The van der Waals surface area contributed by atoms with Crippen molar-refractivity contribution in [3.05, 3.63) is 48.3 Å². The molecule has 0 aliphatic carbocycles. The first-order valence-electron chi connectivity index (χ1n) is 7.67. The van der Waals surface area contributed by atoms with Gasteiger partial charge in [0.05, 0.1) is 17.1 Å². The van der Waals surface area contributed by atoms with Crippen LogP contribution < -0.4 is 4.90 Å². The molecular weight excluding hydrogens is 326 g/mol. The minimum Gasteiger partial charge on any atom is -0.353 e. The van der Waals surface area contributed by atoms with E-state index in [4.69, 9.17) is 4.98 Å². The van der Waals surface area contributed by atoms with Crippen molar-refractivity contribution in [2.75, 3.05) is 23.7 Å². The van der Waals surface area contributed by atoms with E-state index >= 15 is 0 Å². The summed E-state index contributed by atoms with van der Waals surface area (Å²) in [4.78, 5) is 11.3. The molecule has 23 heavy (non-hydrogen) atoms. The zero-order valence-corrected chi connectivity index (χ0v) is 15.1. The number of aromatic nitrogens is 2. The average Bonchev–Trinajstić information content (AvgIpc) is 2.57. The second-order valence-corrected chi connectivity index (χ2v) is 9.42. The van der Waals surface area contributed by atoms with E-state index in [1.807, 2.05) is 24.4 Å². The van der Waals surface area contributed by atoms with Gasteiger partial charge in [-0.15, -0.1) is 11.8 Å². The van der Waals surface area contributed by atoms with Crippen LogP contribution in [0.4, 0.5) is 5.82 Å². The van der Waals surface area contributed by atoms with E-state index < -0.39 is 10.8 Å².